The van der Waals surface area contributed by atoms with Gasteiger partial charge in [0.1, 0.15) is 5.01 Å². The van der Waals surface area contributed by atoms with Gasteiger partial charge in [-0.1, -0.05) is 11.3 Å². The van der Waals surface area contributed by atoms with Crippen LogP contribution in [0.25, 0.3) is 4.96 Å². The van der Waals surface area contributed by atoms with Crippen LogP contribution in [0.15, 0.2) is 0 Å². The van der Waals surface area contributed by atoms with Crippen LogP contribution in [0.1, 0.15) is 21.2 Å². The predicted molar refractivity (Wildman–Crippen MR) is 52.0 cm³/mol. The van der Waals surface area contributed by atoms with Crippen LogP contribution in [-0.4, -0.2) is 20.5 Å². The zero-order chi connectivity index (χ0) is 10.3. The fourth-order valence-corrected chi connectivity index (χ4v) is 2.02. The molecule has 0 spiro atoms. The van der Waals surface area contributed by atoms with E-state index in [4.69, 9.17) is 5.84 Å². The van der Waals surface area contributed by atoms with Gasteiger partial charge in [-0.15, -0.1) is 0 Å². The third-order valence-electron chi connectivity index (χ3n) is 1.88. The van der Waals surface area contributed by atoms with Gasteiger partial charge in [0.25, 0.3) is 5.91 Å². The molecule has 2 aromatic rings. The minimum atomic E-state index is -0.391. The van der Waals surface area contributed by atoms with E-state index in [-0.39, 0.29) is 0 Å². The Kier molecular flexibility index (Phi) is 1.97. The van der Waals surface area contributed by atoms with E-state index in [0.717, 1.165) is 5.01 Å². The molecule has 0 saturated heterocycles. The molecule has 2 heterocycles. The van der Waals surface area contributed by atoms with Crippen molar-refractivity contribution in [3.63, 3.8) is 0 Å². The first-order valence-electron chi connectivity index (χ1n) is 3.97. The van der Waals surface area contributed by atoms with Gasteiger partial charge in [0.05, 0.1) is 5.69 Å². The number of rotatable bonds is 1. The summed E-state index contributed by atoms with van der Waals surface area (Å²) in [7, 11) is 0. The lowest BCUT2D eigenvalue weighted by atomic mass is 10.3. The van der Waals surface area contributed by atoms with Crippen LogP contribution in [0.5, 0.6) is 0 Å². The Morgan fingerprint density at radius 2 is 2.29 bits per heavy atom. The fraction of sp³-hybridized carbons (Fsp3) is 0.286. The fourth-order valence-electron chi connectivity index (χ4n) is 1.23. The highest BCUT2D eigenvalue weighted by atomic mass is 32.1. The van der Waals surface area contributed by atoms with Crippen molar-refractivity contribution in [3.8, 4) is 0 Å². The van der Waals surface area contributed by atoms with Crippen LogP contribution in [-0.2, 0) is 0 Å². The van der Waals surface area contributed by atoms with Crippen molar-refractivity contribution in [2.45, 2.75) is 13.8 Å². The van der Waals surface area contributed by atoms with E-state index in [1.165, 1.54) is 11.3 Å². The Bertz CT molecular complexity index is 499. The molecular formula is C7H9N5OS. The minimum absolute atomic E-state index is 0.325. The Hall–Kier alpha value is -1.47. The van der Waals surface area contributed by atoms with E-state index in [2.05, 4.69) is 10.1 Å². The van der Waals surface area contributed by atoms with Crippen LogP contribution < -0.4 is 11.3 Å². The normalized spacial score (nSPS) is 10.8. The van der Waals surface area contributed by atoms with Gasteiger partial charge in [0.2, 0.25) is 4.96 Å². The summed E-state index contributed by atoms with van der Waals surface area (Å²) in [5.41, 5.74) is 3.08. The van der Waals surface area contributed by atoms with Gasteiger partial charge in [-0.05, 0) is 13.8 Å². The van der Waals surface area contributed by atoms with Gasteiger partial charge in [-0.2, -0.15) is 5.10 Å². The summed E-state index contributed by atoms with van der Waals surface area (Å²) in [5.74, 6) is 4.64. The van der Waals surface area contributed by atoms with Crippen LogP contribution in [0.3, 0.4) is 0 Å². The van der Waals surface area contributed by atoms with Crippen molar-refractivity contribution in [2.24, 2.45) is 5.84 Å². The Labute approximate surface area is 83.7 Å². The number of nitrogens with one attached hydrogen (secondary N) is 1. The third kappa shape index (κ3) is 1.17. The summed E-state index contributed by atoms with van der Waals surface area (Å²) < 4.78 is 1.64. The van der Waals surface area contributed by atoms with E-state index < -0.39 is 5.91 Å². The third-order valence-corrected chi connectivity index (χ3v) is 2.70. The van der Waals surface area contributed by atoms with Crippen molar-refractivity contribution < 1.29 is 4.79 Å². The molecule has 1 amide bonds. The molecule has 0 saturated carbocycles. The Balaban J connectivity index is 2.64. The molecule has 2 rings (SSSR count). The molecular weight excluding hydrogens is 202 g/mol. The lowest BCUT2D eigenvalue weighted by Crippen LogP contribution is -2.30. The highest BCUT2D eigenvalue weighted by Crippen LogP contribution is 2.17. The van der Waals surface area contributed by atoms with Crippen molar-refractivity contribution in [1.29, 1.82) is 0 Å². The number of imidazole rings is 1. The molecule has 14 heavy (non-hydrogen) atoms. The average Bonchev–Trinajstić information content (AvgIpc) is 2.64. The zero-order valence-corrected chi connectivity index (χ0v) is 8.55. The largest absolute Gasteiger partial charge is 0.289 e. The van der Waals surface area contributed by atoms with Gasteiger partial charge >= 0.3 is 0 Å². The molecule has 0 bridgehead atoms. The van der Waals surface area contributed by atoms with Crippen molar-refractivity contribution in [2.75, 3.05) is 0 Å². The van der Waals surface area contributed by atoms with Crippen molar-refractivity contribution >= 4 is 22.2 Å². The highest BCUT2D eigenvalue weighted by molar-refractivity contribution is 7.16. The first-order chi connectivity index (χ1) is 6.63. The molecule has 3 N–H and O–H groups in total. The van der Waals surface area contributed by atoms with E-state index in [0.29, 0.717) is 16.3 Å². The number of nitrogen functional groups attached to an aromatic ring is 1. The lowest BCUT2D eigenvalue weighted by molar-refractivity contribution is 0.0948. The number of aromatic nitrogens is 3. The van der Waals surface area contributed by atoms with E-state index in [1.807, 2.05) is 12.3 Å². The second-order valence-corrected chi connectivity index (χ2v) is 3.99. The smallest absolute Gasteiger partial charge is 0.285 e. The number of hydrogen-bond acceptors (Lipinski definition) is 5. The maximum atomic E-state index is 11.3. The van der Waals surface area contributed by atoms with E-state index >= 15 is 0 Å². The monoisotopic (exact) mass is 211 g/mol. The Morgan fingerprint density at radius 1 is 1.57 bits per heavy atom. The van der Waals surface area contributed by atoms with Gasteiger partial charge in [0, 0.05) is 0 Å². The van der Waals surface area contributed by atoms with Crippen molar-refractivity contribution in [1.82, 2.24) is 20.0 Å². The summed E-state index contributed by atoms with van der Waals surface area (Å²) in [6.07, 6.45) is 0. The number of carbonyl (C=O) groups excluding carboxylic acids is 1. The lowest BCUT2D eigenvalue weighted by Gasteiger charge is -1.94. The molecule has 0 atom stereocenters. The molecule has 0 aliphatic heterocycles. The van der Waals surface area contributed by atoms with E-state index in [1.54, 1.807) is 11.4 Å². The molecule has 0 aromatic carbocycles. The first kappa shape index (κ1) is 9.10. The van der Waals surface area contributed by atoms with Crippen LogP contribution >= 0.6 is 11.3 Å². The number of fused-ring (bicyclic) bond motifs is 1. The van der Waals surface area contributed by atoms with Crippen LogP contribution in [0.2, 0.25) is 0 Å². The molecule has 0 radical (unpaired) electrons. The number of hydrazine groups is 1. The topological polar surface area (TPSA) is 85.3 Å². The number of nitrogens with zero attached hydrogens (tertiary/aromatic N) is 3. The number of carbonyl (C=O) groups is 1. The van der Waals surface area contributed by atoms with E-state index in [9.17, 15) is 4.79 Å². The van der Waals surface area contributed by atoms with Crippen LogP contribution in [0.4, 0.5) is 0 Å². The molecule has 6 nitrogen and oxygen atoms in total. The molecule has 2 aromatic heterocycles. The summed E-state index contributed by atoms with van der Waals surface area (Å²) in [5, 5.41) is 5.11. The SMILES string of the molecule is Cc1nn2c(C)c(C(=O)NN)nc2s1. The summed E-state index contributed by atoms with van der Waals surface area (Å²) >= 11 is 1.43. The first-order valence-corrected chi connectivity index (χ1v) is 4.79. The van der Waals surface area contributed by atoms with Gasteiger partial charge in [0.15, 0.2) is 5.69 Å². The molecule has 7 heteroatoms. The van der Waals surface area contributed by atoms with Crippen LogP contribution in [0, 0.1) is 13.8 Å². The predicted octanol–water partition coefficient (Wildman–Crippen LogP) is 0.0111. The average molecular weight is 211 g/mol. The Morgan fingerprint density at radius 3 is 2.86 bits per heavy atom. The molecule has 0 aliphatic carbocycles. The summed E-state index contributed by atoms with van der Waals surface area (Å²) in [4.78, 5) is 16.1. The summed E-state index contributed by atoms with van der Waals surface area (Å²) in [6.45, 7) is 3.67. The number of nitrogens with two attached hydrogens (primary N) is 1. The second-order valence-electron chi connectivity index (χ2n) is 2.83. The highest BCUT2D eigenvalue weighted by Gasteiger charge is 2.16. The summed E-state index contributed by atoms with van der Waals surface area (Å²) in [6, 6.07) is 0. The minimum Gasteiger partial charge on any atom is -0.289 e. The number of hydrogen-bond donors (Lipinski definition) is 2. The zero-order valence-electron chi connectivity index (χ0n) is 7.74. The molecule has 0 aliphatic rings. The second kappa shape index (κ2) is 3.03. The maximum Gasteiger partial charge on any atom is 0.285 e. The van der Waals surface area contributed by atoms with Crippen molar-refractivity contribution in [3.05, 3.63) is 16.4 Å². The molecule has 0 fully saturated rings. The molecule has 74 valence electrons. The maximum absolute atomic E-state index is 11.3. The van der Waals surface area contributed by atoms with Gasteiger partial charge in [-0.3, -0.25) is 10.2 Å². The molecule has 0 unspecified atom stereocenters. The number of aryl methyl sites for hydroxylation is 2. The quantitative estimate of drug-likeness (QED) is 0.395. The van der Waals surface area contributed by atoms with Gasteiger partial charge in [-0.25, -0.2) is 15.3 Å². The number of amides is 1. The standard InChI is InChI=1S/C7H9N5OS/c1-3-5(6(13)10-8)9-7-12(3)11-4(2)14-7/h8H2,1-2H3,(H,10,13). The van der Waals surface area contributed by atoms with Gasteiger partial charge < -0.3 is 0 Å².